The van der Waals surface area contributed by atoms with E-state index in [1.54, 1.807) is 0 Å². The minimum atomic E-state index is -4.65. The summed E-state index contributed by atoms with van der Waals surface area (Å²) in [5.41, 5.74) is -1.09. The molecular formula is C21H26ClF5N6O. The summed E-state index contributed by atoms with van der Waals surface area (Å²) < 4.78 is 75.8. The number of hydrogen-bond acceptors (Lipinski definition) is 6. The number of hydrogen-bond donors (Lipinski definition) is 1. The van der Waals surface area contributed by atoms with Gasteiger partial charge in [0.15, 0.2) is 0 Å². The van der Waals surface area contributed by atoms with Crippen LogP contribution < -0.4 is 10.1 Å². The smallest absolute Gasteiger partial charge is 0.408 e. The first-order chi connectivity index (χ1) is 16.0. The van der Waals surface area contributed by atoms with Crippen molar-refractivity contribution in [1.29, 1.82) is 0 Å². The molecule has 0 aliphatic rings. The van der Waals surface area contributed by atoms with E-state index in [1.165, 1.54) is 0 Å². The van der Waals surface area contributed by atoms with Gasteiger partial charge in [0.25, 0.3) is 5.78 Å². The number of aromatic nitrogens is 4. The van der Waals surface area contributed by atoms with Gasteiger partial charge in [-0.05, 0) is 27.4 Å². The van der Waals surface area contributed by atoms with E-state index in [0.717, 1.165) is 29.9 Å². The zero-order valence-corrected chi connectivity index (χ0v) is 20.1. The Hall–Kier alpha value is -2.73. The molecule has 34 heavy (non-hydrogen) atoms. The van der Waals surface area contributed by atoms with E-state index in [9.17, 15) is 22.0 Å². The maximum atomic E-state index is 15.0. The predicted octanol–water partition coefficient (Wildman–Crippen LogP) is 5.44. The lowest BCUT2D eigenvalue weighted by Gasteiger charge is -2.21. The zero-order valence-electron chi connectivity index (χ0n) is 19.3. The molecule has 1 aromatic carbocycles. The van der Waals surface area contributed by atoms with Crippen LogP contribution >= 0.6 is 11.6 Å². The second-order valence-corrected chi connectivity index (χ2v) is 7.63. The second-order valence-electron chi connectivity index (χ2n) is 7.27. The number of anilines is 1. The number of rotatable bonds is 8. The maximum Gasteiger partial charge on any atom is 0.408 e. The molecule has 0 bridgehead atoms. The average Bonchev–Trinajstić information content (AvgIpc) is 3.21. The Morgan fingerprint density at radius 2 is 1.76 bits per heavy atom. The number of nitrogens with zero attached hydrogens (tertiary/aromatic N) is 5. The third-order valence-corrected chi connectivity index (χ3v) is 4.78. The van der Waals surface area contributed by atoms with E-state index in [4.69, 9.17) is 16.3 Å². The topological polar surface area (TPSA) is 67.6 Å². The standard InChI is InChI=1S/C19H20ClF5N6O.C2H6/c1-10(19(23,24)25)28-17-15(16(20)29-18-26-9-27-31(17)18)14-12(21)7-11(8-13(14)22)32-6-4-5-30(2)3;1-2/h7-10,28H,4-6H2,1-3H3;1-2H3. The molecule has 0 aliphatic carbocycles. The van der Waals surface area contributed by atoms with Crippen LogP contribution in [-0.4, -0.2) is 63.9 Å². The van der Waals surface area contributed by atoms with Gasteiger partial charge in [0.05, 0.1) is 17.7 Å². The van der Waals surface area contributed by atoms with Crippen molar-refractivity contribution in [2.45, 2.75) is 39.4 Å². The van der Waals surface area contributed by atoms with Crippen LogP contribution in [0, 0.1) is 11.6 Å². The molecule has 7 nitrogen and oxygen atoms in total. The molecule has 0 saturated heterocycles. The third kappa shape index (κ3) is 6.44. The fourth-order valence-corrected chi connectivity index (χ4v) is 3.16. The van der Waals surface area contributed by atoms with Crippen molar-refractivity contribution in [2.75, 3.05) is 32.6 Å². The number of fused-ring (bicyclic) bond motifs is 1. The summed E-state index contributed by atoms with van der Waals surface area (Å²) in [7, 11) is 3.76. The van der Waals surface area contributed by atoms with Crippen molar-refractivity contribution >= 4 is 23.2 Å². The van der Waals surface area contributed by atoms with Gasteiger partial charge in [-0.2, -0.15) is 32.8 Å². The molecule has 1 N–H and O–H groups in total. The highest BCUT2D eigenvalue weighted by atomic mass is 35.5. The number of alkyl halides is 3. The van der Waals surface area contributed by atoms with Crippen LogP contribution in [0.4, 0.5) is 27.8 Å². The summed E-state index contributed by atoms with van der Waals surface area (Å²) in [5.74, 6) is -2.78. The van der Waals surface area contributed by atoms with E-state index >= 15 is 0 Å². The molecule has 1 unspecified atom stereocenters. The molecule has 0 saturated carbocycles. The first-order valence-electron chi connectivity index (χ1n) is 10.5. The number of nitrogens with one attached hydrogen (secondary N) is 1. The summed E-state index contributed by atoms with van der Waals surface area (Å²) in [5, 5.41) is 5.54. The minimum absolute atomic E-state index is 0.0633. The minimum Gasteiger partial charge on any atom is -0.493 e. The third-order valence-electron chi connectivity index (χ3n) is 4.51. The summed E-state index contributed by atoms with van der Waals surface area (Å²) in [6, 6.07) is -0.211. The normalized spacial score (nSPS) is 12.5. The first-order valence-corrected chi connectivity index (χ1v) is 10.9. The maximum absolute atomic E-state index is 15.0. The predicted molar refractivity (Wildman–Crippen MR) is 120 cm³/mol. The van der Waals surface area contributed by atoms with Crippen molar-refractivity contribution < 1.29 is 26.7 Å². The van der Waals surface area contributed by atoms with E-state index in [-0.39, 0.29) is 18.1 Å². The molecule has 0 fully saturated rings. The molecule has 0 aliphatic heterocycles. The van der Waals surface area contributed by atoms with Crippen LogP contribution in [0.15, 0.2) is 18.5 Å². The van der Waals surface area contributed by atoms with Gasteiger partial charge in [-0.3, -0.25) is 0 Å². The Labute approximate surface area is 198 Å². The summed E-state index contributed by atoms with van der Waals surface area (Å²) in [4.78, 5) is 9.60. The molecular weight excluding hydrogens is 483 g/mol. The van der Waals surface area contributed by atoms with Crippen LogP contribution in [0.1, 0.15) is 27.2 Å². The van der Waals surface area contributed by atoms with Gasteiger partial charge >= 0.3 is 6.18 Å². The van der Waals surface area contributed by atoms with E-state index in [2.05, 4.69) is 20.4 Å². The van der Waals surface area contributed by atoms with Crippen molar-refractivity contribution in [1.82, 2.24) is 24.5 Å². The van der Waals surface area contributed by atoms with Gasteiger partial charge < -0.3 is 15.0 Å². The summed E-state index contributed by atoms with van der Waals surface area (Å²) >= 11 is 6.13. The first kappa shape index (κ1) is 27.5. The molecule has 3 aromatic rings. The quantitative estimate of drug-likeness (QED) is 0.248. The van der Waals surface area contributed by atoms with Crippen molar-refractivity contribution in [3.05, 3.63) is 35.2 Å². The lowest BCUT2D eigenvalue weighted by Crippen LogP contribution is -2.34. The average molecular weight is 509 g/mol. The fraction of sp³-hybridized carbons (Fsp3) is 0.476. The van der Waals surface area contributed by atoms with Crippen molar-refractivity contribution in [3.8, 4) is 16.9 Å². The Bertz CT molecular complexity index is 1080. The van der Waals surface area contributed by atoms with Gasteiger partial charge in [-0.25, -0.2) is 8.78 Å². The monoisotopic (exact) mass is 508 g/mol. The molecule has 3 rings (SSSR count). The molecule has 0 radical (unpaired) electrons. The van der Waals surface area contributed by atoms with Gasteiger partial charge in [0.1, 0.15) is 40.7 Å². The van der Waals surface area contributed by atoms with Crippen LogP contribution in [0.2, 0.25) is 5.15 Å². The molecule has 188 valence electrons. The van der Waals surface area contributed by atoms with Crippen molar-refractivity contribution in [3.63, 3.8) is 0 Å². The van der Waals surface area contributed by atoms with E-state index < -0.39 is 46.0 Å². The van der Waals surface area contributed by atoms with Gasteiger partial charge in [0, 0.05) is 18.7 Å². The van der Waals surface area contributed by atoms with Crippen LogP contribution in [0.25, 0.3) is 16.9 Å². The highest BCUT2D eigenvalue weighted by Gasteiger charge is 2.37. The van der Waals surface area contributed by atoms with E-state index in [0.29, 0.717) is 13.0 Å². The van der Waals surface area contributed by atoms with Gasteiger partial charge in [0.2, 0.25) is 0 Å². The Morgan fingerprint density at radius 1 is 1.15 bits per heavy atom. The van der Waals surface area contributed by atoms with Gasteiger partial charge in [-0.15, -0.1) is 0 Å². The van der Waals surface area contributed by atoms with Gasteiger partial charge in [-0.1, -0.05) is 25.4 Å². The lowest BCUT2D eigenvalue weighted by molar-refractivity contribution is -0.138. The molecule has 2 heterocycles. The van der Waals surface area contributed by atoms with Crippen molar-refractivity contribution in [2.24, 2.45) is 0 Å². The SMILES string of the molecule is CC.CC(Nc1c(-c2c(F)cc(OCCCN(C)C)cc2F)c(Cl)nc2ncnn12)C(F)(F)F. The number of ether oxygens (including phenoxy) is 1. The highest BCUT2D eigenvalue weighted by Crippen LogP contribution is 2.39. The Balaban J connectivity index is 0.00000199. The largest absolute Gasteiger partial charge is 0.493 e. The molecule has 13 heteroatoms. The molecule has 1 atom stereocenters. The Morgan fingerprint density at radius 3 is 2.32 bits per heavy atom. The van der Waals surface area contributed by atoms with Crippen LogP contribution in [0.3, 0.4) is 0 Å². The Kier molecular flexibility index (Phi) is 9.39. The van der Waals surface area contributed by atoms with Crippen LogP contribution in [0.5, 0.6) is 5.75 Å². The van der Waals surface area contributed by atoms with Crippen LogP contribution in [-0.2, 0) is 0 Å². The molecule has 0 amide bonds. The molecule has 0 spiro atoms. The van der Waals surface area contributed by atoms with E-state index in [1.807, 2.05) is 32.8 Å². The number of benzene rings is 1. The second kappa shape index (κ2) is 11.6. The highest BCUT2D eigenvalue weighted by molar-refractivity contribution is 6.33. The summed E-state index contributed by atoms with van der Waals surface area (Å²) in [6.45, 7) is 5.78. The zero-order chi connectivity index (χ0) is 25.6. The molecule has 2 aromatic heterocycles. The fourth-order valence-electron chi connectivity index (χ4n) is 2.90. The number of halogens is 6. The lowest BCUT2D eigenvalue weighted by atomic mass is 10.1. The summed E-state index contributed by atoms with van der Waals surface area (Å²) in [6.07, 6.45) is -3.00.